The number of esters is 1. The van der Waals surface area contributed by atoms with Gasteiger partial charge >= 0.3 is 5.97 Å². The summed E-state index contributed by atoms with van der Waals surface area (Å²) in [5, 5.41) is 2.58. The van der Waals surface area contributed by atoms with Gasteiger partial charge in [-0.3, -0.25) is 4.79 Å². The Balaban J connectivity index is 1.83. The number of rotatable bonds is 7. The van der Waals surface area contributed by atoms with Crippen molar-refractivity contribution in [3.05, 3.63) is 59.9 Å². The maximum atomic E-state index is 13.6. The van der Waals surface area contributed by atoms with Gasteiger partial charge in [0.05, 0.1) is 14.2 Å². The van der Waals surface area contributed by atoms with E-state index in [4.69, 9.17) is 14.2 Å². The molecule has 26 heavy (non-hydrogen) atoms. The maximum Gasteiger partial charge on any atom is 0.331 e. The lowest BCUT2D eigenvalue weighted by Gasteiger charge is -2.07. The first-order valence-corrected chi connectivity index (χ1v) is 7.64. The van der Waals surface area contributed by atoms with E-state index < -0.39 is 24.3 Å². The molecule has 2 aromatic carbocycles. The predicted octanol–water partition coefficient (Wildman–Crippen LogP) is 3.04. The van der Waals surface area contributed by atoms with Gasteiger partial charge in [-0.05, 0) is 35.9 Å². The Morgan fingerprint density at radius 1 is 1.12 bits per heavy atom. The number of hydrogen-bond acceptors (Lipinski definition) is 5. The van der Waals surface area contributed by atoms with Crippen molar-refractivity contribution in [2.75, 3.05) is 26.1 Å². The molecule has 0 unspecified atom stereocenters. The quantitative estimate of drug-likeness (QED) is 0.608. The molecule has 0 aliphatic heterocycles. The van der Waals surface area contributed by atoms with Gasteiger partial charge in [0, 0.05) is 17.8 Å². The van der Waals surface area contributed by atoms with Crippen LogP contribution in [0.4, 0.5) is 10.1 Å². The number of halogens is 1. The molecule has 0 saturated carbocycles. The van der Waals surface area contributed by atoms with Crippen molar-refractivity contribution in [3.63, 3.8) is 0 Å². The predicted molar refractivity (Wildman–Crippen MR) is 94.6 cm³/mol. The molecule has 7 heteroatoms. The van der Waals surface area contributed by atoms with Gasteiger partial charge in [0.1, 0.15) is 5.75 Å². The van der Waals surface area contributed by atoms with E-state index in [1.165, 1.54) is 32.4 Å². The van der Waals surface area contributed by atoms with Crippen molar-refractivity contribution >= 4 is 23.6 Å². The Hall–Kier alpha value is -3.35. The van der Waals surface area contributed by atoms with Gasteiger partial charge in [0.15, 0.2) is 18.2 Å². The molecule has 1 N–H and O–H groups in total. The molecular weight excluding hydrogens is 341 g/mol. The van der Waals surface area contributed by atoms with E-state index in [2.05, 4.69) is 5.32 Å². The van der Waals surface area contributed by atoms with Crippen molar-refractivity contribution in [2.24, 2.45) is 0 Å². The van der Waals surface area contributed by atoms with Gasteiger partial charge in [-0.25, -0.2) is 9.18 Å². The zero-order valence-corrected chi connectivity index (χ0v) is 14.3. The minimum atomic E-state index is -0.720. The lowest BCUT2D eigenvalue weighted by molar-refractivity contribution is -0.142. The molecule has 0 atom stereocenters. The first-order valence-electron chi connectivity index (χ1n) is 7.64. The number of hydrogen-bond donors (Lipinski definition) is 1. The highest BCUT2D eigenvalue weighted by molar-refractivity contribution is 5.94. The third kappa shape index (κ3) is 5.62. The van der Waals surface area contributed by atoms with Crippen LogP contribution < -0.4 is 14.8 Å². The summed E-state index contributed by atoms with van der Waals surface area (Å²) in [5.74, 6) is -1.05. The lowest BCUT2D eigenvalue weighted by atomic mass is 10.2. The zero-order chi connectivity index (χ0) is 18.9. The van der Waals surface area contributed by atoms with Crippen LogP contribution in [0.15, 0.2) is 48.5 Å². The molecular formula is C19H18FNO5. The molecule has 2 aromatic rings. The monoisotopic (exact) mass is 359 g/mol. The van der Waals surface area contributed by atoms with Gasteiger partial charge in [-0.1, -0.05) is 12.1 Å². The number of benzene rings is 2. The molecule has 0 heterocycles. The van der Waals surface area contributed by atoms with Gasteiger partial charge in [0.2, 0.25) is 0 Å². The average Bonchev–Trinajstić information content (AvgIpc) is 2.65. The summed E-state index contributed by atoms with van der Waals surface area (Å²) in [6.45, 7) is -0.447. The van der Waals surface area contributed by atoms with Crippen LogP contribution in [-0.4, -0.2) is 32.7 Å². The van der Waals surface area contributed by atoms with Gasteiger partial charge in [0.25, 0.3) is 5.91 Å². The van der Waals surface area contributed by atoms with Gasteiger partial charge in [-0.2, -0.15) is 0 Å². The molecule has 136 valence electrons. The van der Waals surface area contributed by atoms with Crippen molar-refractivity contribution in [1.82, 2.24) is 0 Å². The van der Waals surface area contributed by atoms with E-state index >= 15 is 0 Å². The third-order valence-corrected chi connectivity index (χ3v) is 3.29. The minimum Gasteiger partial charge on any atom is -0.497 e. The summed E-state index contributed by atoms with van der Waals surface area (Å²) in [5.41, 5.74) is 0.982. The van der Waals surface area contributed by atoms with Crippen molar-refractivity contribution in [2.45, 2.75) is 0 Å². The summed E-state index contributed by atoms with van der Waals surface area (Å²) in [6, 6.07) is 11.0. The highest BCUT2D eigenvalue weighted by Gasteiger charge is 2.07. The molecule has 0 fully saturated rings. The van der Waals surface area contributed by atoms with Crippen molar-refractivity contribution < 1.29 is 28.2 Å². The van der Waals surface area contributed by atoms with Crippen LogP contribution in [-0.2, 0) is 14.3 Å². The Morgan fingerprint density at radius 2 is 1.92 bits per heavy atom. The molecule has 0 bridgehead atoms. The molecule has 2 rings (SSSR count). The van der Waals surface area contributed by atoms with E-state index in [0.717, 1.165) is 6.08 Å². The second-order valence-corrected chi connectivity index (χ2v) is 5.12. The highest BCUT2D eigenvalue weighted by atomic mass is 19.1. The van der Waals surface area contributed by atoms with E-state index in [1.54, 1.807) is 30.3 Å². The first-order chi connectivity index (χ1) is 12.5. The fourth-order valence-electron chi connectivity index (χ4n) is 2.03. The molecule has 0 aromatic heterocycles. The van der Waals surface area contributed by atoms with Crippen LogP contribution >= 0.6 is 0 Å². The molecule has 0 radical (unpaired) electrons. The maximum absolute atomic E-state index is 13.6. The number of methoxy groups -OCH3 is 2. The van der Waals surface area contributed by atoms with Crippen LogP contribution in [0.25, 0.3) is 6.08 Å². The first kappa shape index (κ1) is 19.0. The van der Waals surface area contributed by atoms with Gasteiger partial charge < -0.3 is 19.5 Å². The summed E-state index contributed by atoms with van der Waals surface area (Å²) in [4.78, 5) is 23.4. The Kier molecular flexibility index (Phi) is 6.73. The summed E-state index contributed by atoms with van der Waals surface area (Å²) >= 11 is 0. The van der Waals surface area contributed by atoms with Crippen LogP contribution in [0, 0.1) is 5.82 Å². The summed E-state index contributed by atoms with van der Waals surface area (Å²) < 4.78 is 28.3. The summed E-state index contributed by atoms with van der Waals surface area (Å²) in [7, 11) is 2.88. The molecule has 0 aliphatic rings. The van der Waals surface area contributed by atoms with Gasteiger partial charge in [-0.15, -0.1) is 0 Å². The number of ether oxygens (including phenoxy) is 3. The summed E-state index contributed by atoms with van der Waals surface area (Å²) in [6.07, 6.45) is 2.49. The topological polar surface area (TPSA) is 73.9 Å². The number of anilines is 1. The number of carbonyl (C=O) groups is 2. The van der Waals surface area contributed by atoms with E-state index in [-0.39, 0.29) is 5.75 Å². The number of carbonyl (C=O) groups excluding carboxylic acids is 2. The van der Waals surface area contributed by atoms with Crippen molar-refractivity contribution in [3.8, 4) is 11.5 Å². The Morgan fingerprint density at radius 3 is 2.62 bits per heavy atom. The Bertz CT molecular complexity index is 819. The van der Waals surface area contributed by atoms with Crippen molar-refractivity contribution in [1.29, 1.82) is 0 Å². The molecule has 0 spiro atoms. The van der Waals surface area contributed by atoms with Crippen LogP contribution in [0.2, 0.25) is 0 Å². The third-order valence-electron chi connectivity index (χ3n) is 3.29. The van der Waals surface area contributed by atoms with Crippen LogP contribution in [0.1, 0.15) is 5.56 Å². The SMILES string of the molecule is COc1cccc(NC(=O)COC(=O)/C=C/c2ccc(OC)c(F)c2)c1. The van der Waals surface area contributed by atoms with E-state index in [1.807, 2.05) is 0 Å². The number of amides is 1. The van der Waals surface area contributed by atoms with Crippen LogP contribution in [0.5, 0.6) is 11.5 Å². The average molecular weight is 359 g/mol. The highest BCUT2D eigenvalue weighted by Crippen LogP contribution is 2.18. The second kappa shape index (κ2) is 9.22. The second-order valence-electron chi connectivity index (χ2n) is 5.12. The smallest absolute Gasteiger partial charge is 0.331 e. The molecule has 1 amide bonds. The molecule has 0 saturated heterocycles. The molecule has 0 aliphatic carbocycles. The fraction of sp³-hybridized carbons (Fsp3) is 0.158. The van der Waals surface area contributed by atoms with Crippen LogP contribution in [0.3, 0.4) is 0 Å². The van der Waals surface area contributed by atoms with E-state index in [0.29, 0.717) is 17.0 Å². The fourth-order valence-corrected chi connectivity index (χ4v) is 2.03. The largest absolute Gasteiger partial charge is 0.497 e. The number of nitrogens with one attached hydrogen (secondary N) is 1. The Labute approximate surface area is 150 Å². The minimum absolute atomic E-state index is 0.110. The zero-order valence-electron chi connectivity index (χ0n) is 14.3. The lowest BCUT2D eigenvalue weighted by Crippen LogP contribution is -2.20. The standard InChI is InChI=1S/C19H18FNO5/c1-24-15-5-3-4-14(11-15)21-18(22)12-26-19(23)9-7-13-6-8-17(25-2)16(20)10-13/h3-11H,12H2,1-2H3,(H,21,22)/b9-7+. The normalized spacial score (nSPS) is 10.4. The molecule has 6 nitrogen and oxygen atoms in total. The van der Waals surface area contributed by atoms with E-state index in [9.17, 15) is 14.0 Å².